The zero-order chi connectivity index (χ0) is 17.3. The fraction of sp³-hybridized carbons (Fsp3) is 0.312. The van der Waals surface area contributed by atoms with Crippen molar-refractivity contribution in [3.63, 3.8) is 0 Å². The molecule has 1 atom stereocenters. The summed E-state index contributed by atoms with van der Waals surface area (Å²) in [6, 6.07) is 2.12. The van der Waals surface area contributed by atoms with Gasteiger partial charge in [-0.05, 0) is 25.5 Å². The Hall–Kier alpha value is -2.90. The first-order valence-corrected chi connectivity index (χ1v) is 7.61. The second kappa shape index (κ2) is 6.31. The maximum atomic E-state index is 14.5. The van der Waals surface area contributed by atoms with Gasteiger partial charge in [0.25, 0.3) is 5.91 Å². The summed E-state index contributed by atoms with van der Waals surface area (Å²) in [5.41, 5.74) is 1.54. The lowest BCUT2D eigenvalue weighted by Crippen LogP contribution is -2.34. The summed E-state index contributed by atoms with van der Waals surface area (Å²) in [7, 11) is 1.79. The van der Waals surface area contributed by atoms with Gasteiger partial charge in [0, 0.05) is 36.5 Å². The van der Waals surface area contributed by atoms with E-state index in [0.717, 1.165) is 5.56 Å². The Kier molecular flexibility index (Phi) is 4.20. The Bertz CT molecular complexity index is 802. The number of nitrogens with zero attached hydrogens (tertiary/aromatic N) is 2. The van der Waals surface area contributed by atoms with E-state index < -0.39 is 11.8 Å². The molecule has 3 amide bonds. The average Bonchev–Trinajstić information content (AvgIpc) is 2.97. The number of nitrogens with one attached hydrogen (secondary N) is 3. The molecule has 7 nitrogen and oxygen atoms in total. The summed E-state index contributed by atoms with van der Waals surface area (Å²) in [5.74, 6) is -0.858. The van der Waals surface area contributed by atoms with Gasteiger partial charge in [-0.25, -0.2) is 9.18 Å². The number of benzene rings is 1. The smallest absolute Gasteiger partial charge is 0.319 e. The Morgan fingerprint density at radius 1 is 1.46 bits per heavy atom. The van der Waals surface area contributed by atoms with Crippen LogP contribution in [-0.4, -0.2) is 28.3 Å². The molecule has 0 saturated carbocycles. The number of aromatic nitrogens is 2. The van der Waals surface area contributed by atoms with Gasteiger partial charge in [0.1, 0.15) is 0 Å². The number of fused-ring (bicyclic) bond motifs is 1. The summed E-state index contributed by atoms with van der Waals surface area (Å²) in [5, 5.41) is 11.9. The lowest BCUT2D eigenvalue weighted by Gasteiger charge is -2.19. The van der Waals surface area contributed by atoms with Gasteiger partial charge in [0.05, 0.1) is 17.9 Å². The molecule has 0 fully saturated rings. The Morgan fingerprint density at radius 2 is 2.25 bits per heavy atom. The molecule has 2 aromatic rings. The molecule has 0 aliphatic carbocycles. The normalized spacial score (nSPS) is 14.5. The van der Waals surface area contributed by atoms with Crippen molar-refractivity contribution in [3.8, 4) is 0 Å². The number of rotatable bonds is 3. The largest absolute Gasteiger partial charge is 0.352 e. The van der Waals surface area contributed by atoms with Crippen molar-refractivity contribution in [2.45, 2.75) is 19.4 Å². The van der Waals surface area contributed by atoms with E-state index in [9.17, 15) is 14.0 Å². The summed E-state index contributed by atoms with van der Waals surface area (Å²) in [6.07, 6.45) is 3.85. The second-order valence-electron chi connectivity index (χ2n) is 5.73. The zero-order valence-corrected chi connectivity index (χ0v) is 13.4. The molecular formula is C16H18FN5O2. The highest BCUT2D eigenvalue weighted by molar-refractivity contribution is 5.98. The van der Waals surface area contributed by atoms with E-state index in [0.29, 0.717) is 24.1 Å². The molecule has 0 saturated heterocycles. The third-order valence-corrected chi connectivity index (χ3v) is 3.97. The summed E-state index contributed by atoms with van der Waals surface area (Å²) >= 11 is 0. The molecule has 24 heavy (non-hydrogen) atoms. The molecule has 1 aromatic heterocycles. The number of aryl methyl sites for hydroxylation is 1. The molecule has 8 heteroatoms. The van der Waals surface area contributed by atoms with Gasteiger partial charge in [-0.1, -0.05) is 0 Å². The van der Waals surface area contributed by atoms with E-state index in [4.69, 9.17) is 0 Å². The van der Waals surface area contributed by atoms with Crippen LogP contribution in [0.4, 0.5) is 14.9 Å². The minimum Gasteiger partial charge on any atom is -0.352 e. The van der Waals surface area contributed by atoms with Crippen molar-refractivity contribution in [2.75, 3.05) is 11.9 Å². The number of amides is 3. The third kappa shape index (κ3) is 3.08. The first-order valence-electron chi connectivity index (χ1n) is 7.61. The van der Waals surface area contributed by atoms with Crippen LogP contribution in [0.2, 0.25) is 0 Å². The highest BCUT2D eigenvalue weighted by atomic mass is 19.1. The monoisotopic (exact) mass is 331 g/mol. The molecule has 0 bridgehead atoms. The zero-order valence-electron chi connectivity index (χ0n) is 13.4. The molecule has 1 aromatic carbocycles. The fourth-order valence-corrected chi connectivity index (χ4v) is 2.67. The minimum atomic E-state index is -0.563. The van der Waals surface area contributed by atoms with Crippen LogP contribution >= 0.6 is 0 Å². The number of urea groups is 1. The molecule has 3 rings (SSSR count). The number of hydrogen-bond acceptors (Lipinski definition) is 3. The van der Waals surface area contributed by atoms with Crippen LogP contribution in [0.5, 0.6) is 0 Å². The molecule has 126 valence electrons. The number of carbonyl (C=O) groups excluding carboxylic acids is 2. The van der Waals surface area contributed by atoms with Gasteiger partial charge >= 0.3 is 6.03 Å². The highest BCUT2D eigenvalue weighted by Crippen LogP contribution is 2.24. The lowest BCUT2D eigenvalue weighted by atomic mass is 9.99. The first kappa shape index (κ1) is 16.0. The Balaban J connectivity index is 1.72. The summed E-state index contributed by atoms with van der Waals surface area (Å²) in [4.78, 5) is 23.8. The van der Waals surface area contributed by atoms with E-state index in [1.54, 1.807) is 24.1 Å². The van der Waals surface area contributed by atoms with Crippen molar-refractivity contribution in [1.82, 2.24) is 20.4 Å². The maximum Gasteiger partial charge on any atom is 0.319 e. The van der Waals surface area contributed by atoms with Crippen LogP contribution < -0.4 is 16.0 Å². The van der Waals surface area contributed by atoms with Gasteiger partial charge in [-0.3, -0.25) is 9.48 Å². The number of carbonyl (C=O) groups is 2. The van der Waals surface area contributed by atoms with E-state index in [-0.39, 0.29) is 17.6 Å². The van der Waals surface area contributed by atoms with Crippen LogP contribution in [-0.2, 0) is 13.5 Å². The predicted molar refractivity (Wildman–Crippen MR) is 86.2 cm³/mol. The van der Waals surface area contributed by atoms with Gasteiger partial charge in [-0.2, -0.15) is 5.10 Å². The van der Waals surface area contributed by atoms with Gasteiger partial charge < -0.3 is 16.0 Å². The number of anilines is 1. The van der Waals surface area contributed by atoms with Crippen LogP contribution in [0.15, 0.2) is 24.5 Å². The lowest BCUT2D eigenvalue weighted by molar-refractivity contribution is 0.0945. The highest BCUT2D eigenvalue weighted by Gasteiger charge is 2.22. The SMILES string of the molecule is C[C@@H](NC(=O)Nc1ccc2c(c1F)CCNC2=O)c1cnn(C)c1. The van der Waals surface area contributed by atoms with E-state index in [2.05, 4.69) is 21.0 Å². The third-order valence-electron chi connectivity index (χ3n) is 3.97. The Labute approximate surface area is 138 Å². The Morgan fingerprint density at radius 3 is 2.96 bits per heavy atom. The van der Waals surface area contributed by atoms with Crippen molar-refractivity contribution >= 4 is 17.6 Å². The van der Waals surface area contributed by atoms with Crippen LogP contribution in [0.1, 0.15) is 34.5 Å². The minimum absolute atomic E-state index is 0.0549. The van der Waals surface area contributed by atoms with Crippen LogP contribution in [0.25, 0.3) is 0 Å². The molecule has 2 heterocycles. The van der Waals surface area contributed by atoms with E-state index >= 15 is 0 Å². The van der Waals surface area contributed by atoms with E-state index in [1.165, 1.54) is 12.1 Å². The summed E-state index contributed by atoms with van der Waals surface area (Å²) in [6.45, 7) is 2.20. The molecule has 0 radical (unpaired) electrons. The van der Waals surface area contributed by atoms with Crippen molar-refractivity contribution < 1.29 is 14.0 Å². The molecule has 1 aliphatic heterocycles. The summed E-state index contributed by atoms with van der Waals surface area (Å²) < 4.78 is 16.2. The number of halogens is 1. The fourth-order valence-electron chi connectivity index (χ4n) is 2.67. The van der Waals surface area contributed by atoms with Gasteiger partial charge in [-0.15, -0.1) is 0 Å². The van der Waals surface area contributed by atoms with Crippen molar-refractivity contribution in [3.05, 3.63) is 47.0 Å². The maximum absolute atomic E-state index is 14.5. The quantitative estimate of drug-likeness (QED) is 0.800. The molecule has 3 N–H and O–H groups in total. The van der Waals surface area contributed by atoms with Crippen LogP contribution in [0, 0.1) is 5.82 Å². The average molecular weight is 331 g/mol. The van der Waals surface area contributed by atoms with Gasteiger partial charge in [0.2, 0.25) is 0 Å². The predicted octanol–water partition coefficient (Wildman–Crippen LogP) is 1.73. The molecule has 0 unspecified atom stereocenters. The second-order valence-corrected chi connectivity index (χ2v) is 5.73. The topological polar surface area (TPSA) is 88.1 Å². The first-order chi connectivity index (χ1) is 11.5. The van der Waals surface area contributed by atoms with Crippen molar-refractivity contribution in [2.24, 2.45) is 7.05 Å². The standard InChI is InChI=1S/C16H18FN5O2/c1-9(10-7-19-22(2)8-10)20-16(24)21-13-4-3-12-11(14(13)17)5-6-18-15(12)23/h3-4,7-9H,5-6H2,1-2H3,(H,18,23)(H2,20,21,24)/t9-/m1/s1. The van der Waals surface area contributed by atoms with Crippen LogP contribution in [0.3, 0.4) is 0 Å². The van der Waals surface area contributed by atoms with E-state index in [1.807, 2.05) is 6.92 Å². The van der Waals surface area contributed by atoms with Crippen molar-refractivity contribution in [1.29, 1.82) is 0 Å². The molecule has 1 aliphatic rings. The number of hydrogen-bond donors (Lipinski definition) is 3. The molecule has 0 spiro atoms. The molecular weight excluding hydrogens is 313 g/mol. The van der Waals surface area contributed by atoms with Gasteiger partial charge in [0.15, 0.2) is 5.82 Å².